The van der Waals surface area contributed by atoms with Gasteiger partial charge in [0.1, 0.15) is 5.75 Å². The number of thiazole rings is 1. The van der Waals surface area contributed by atoms with Gasteiger partial charge >= 0.3 is 0 Å². The SMILES string of the molecule is CCN(CC)c1ccc(/C=c2/sc3nc(/C=C/c4ccc(OC)cc4)nn3c2=O)cc1. The molecule has 0 bridgehead atoms. The fourth-order valence-corrected chi connectivity index (χ4v) is 4.24. The Kier molecular flexibility index (Phi) is 6.13. The molecule has 0 amide bonds. The maximum absolute atomic E-state index is 12.8. The number of methoxy groups -OCH3 is 1. The Labute approximate surface area is 184 Å². The standard InChI is InChI=1S/C24H24N4O2S/c1-4-27(5-2)19-11-6-18(7-12-19)16-21-23(29)28-24(31-21)25-22(26-28)15-10-17-8-13-20(30-3)14-9-17/h6-16H,4-5H2,1-3H3/b15-10+,21-16+. The summed E-state index contributed by atoms with van der Waals surface area (Å²) < 4.78 is 7.16. The Bertz CT molecular complexity index is 1300. The molecule has 0 aliphatic heterocycles. The molecule has 0 N–H and O–H groups in total. The highest BCUT2D eigenvalue weighted by molar-refractivity contribution is 7.15. The minimum absolute atomic E-state index is 0.149. The second kappa shape index (κ2) is 9.14. The average molecular weight is 433 g/mol. The molecule has 0 aliphatic carbocycles. The molecule has 0 aliphatic rings. The summed E-state index contributed by atoms with van der Waals surface area (Å²) in [5.41, 5.74) is 3.02. The van der Waals surface area contributed by atoms with Gasteiger partial charge in [-0.15, -0.1) is 5.10 Å². The van der Waals surface area contributed by atoms with Crippen molar-refractivity contribution in [3.8, 4) is 5.75 Å². The van der Waals surface area contributed by atoms with Crippen molar-refractivity contribution >= 4 is 40.2 Å². The lowest BCUT2D eigenvalue weighted by molar-refractivity contribution is 0.415. The van der Waals surface area contributed by atoms with Gasteiger partial charge < -0.3 is 9.64 Å². The zero-order valence-corrected chi connectivity index (χ0v) is 18.6. The van der Waals surface area contributed by atoms with Crippen LogP contribution in [-0.2, 0) is 0 Å². The Morgan fingerprint density at radius 1 is 1.00 bits per heavy atom. The Hall–Kier alpha value is -3.45. The summed E-state index contributed by atoms with van der Waals surface area (Å²) in [6.45, 7) is 6.21. The van der Waals surface area contributed by atoms with E-state index in [0.717, 1.165) is 30.0 Å². The molecule has 31 heavy (non-hydrogen) atoms. The number of hydrogen-bond acceptors (Lipinski definition) is 6. The van der Waals surface area contributed by atoms with Crippen LogP contribution in [0.1, 0.15) is 30.8 Å². The minimum Gasteiger partial charge on any atom is -0.497 e. The van der Waals surface area contributed by atoms with E-state index >= 15 is 0 Å². The van der Waals surface area contributed by atoms with Crippen LogP contribution in [0.2, 0.25) is 0 Å². The summed E-state index contributed by atoms with van der Waals surface area (Å²) >= 11 is 1.35. The number of aromatic nitrogens is 3. The molecule has 2 aromatic heterocycles. The summed E-state index contributed by atoms with van der Waals surface area (Å²) in [6, 6.07) is 15.9. The second-order valence-corrected chi connectivity index (χ2v) is 7.96. The van der Waals surface area contributed by atoms with Crippen LogP contribution in [-0.4, -0.2) is 34.8 Å². The van der Waals surface area contributed by atoms with E-state index in [2.05, 4.69) is 41.0 Å². The smallest absolute Gasteiger partial charge is 0.291 e. The first-order valence-electron chi connectivity index (χ1n) is 10.2. The normalized spacial score (nSPS) is 12.2. The van der Waals surface area contributed by atoms with Crippen molar-refractivity contribution in [3.05, 3.63) is 80.4 Å². The number of hydrogen-bond donors (Lipinski definition) is 0. The third kappa shape index (κ3) is 4.51. The van der Waals surface area contributed by atoms with Gasteiger partial charge in [0, 0.05) is 18.8 Å². The highest BCUT2D eigenvalue weighted by Gasteiger charge is 2.09. The molecule has 4 rings (SSSR count). The largest absolute Gasteiger partial charge is 0.497 e. The number of ether oxygens (including phenoxy) is 1. The van der Waals surface area contributed by atoms with Gasteiger partial charge in [-0.25, -0.2) is 0 Å². The molecule has 4 aromatic rings. The molecular weight excluding hydrogens is 408 g/mol. The Morgan fingerprint density at radius 3 is 2.29 bits per heavy atom. The number of fused-ring (bicyclic) bond motifs is 1. The predicted molar refractivity (Wildman–Crippen MR) is 128 cm³/mol. The van der Waals surface area contributed by atoms with Gasteiger partial charge in [0.05, 0.1) is 11.6 Å². The molecule has 0 unspecified atom stereocenters. The van der Waals surface area contributed by atoms with Gasteiger partial charge in [0.15, 0.2) is 5.82 Å². The molecule has 158 valence electrons. The van der Waals surface area contributed by atoms with E-state index < -0.39 is 0 Å². The summed E-state index contributed by atoms with van der Waals surface area (Å²) in [6.07, 6.45) is 5.60. The summed E-state index contributed by atoms with van der Waals surface area (Å²) in [4.78, 5) is 20.1. The van der Waals surface area contributed by atoms with Gasteiger partial charge in [0.25, 0.3) is 5.56 Å². The molecule has 0 saturated carbocycles. The van der Waals surface area contributed by atoms with Crippen LogP contribution in [0.15, 0.2) is 53.3 Å². The van der Waals surface area contributed by atoms with Crippen LogP contribution in [0.25, 0.3) is 23.2 Å². The minimum atomic E-state index is -0.149. The van der Waals surface area contributed by atoms with Gasteiger partial charge in [-0.3, -0.25) is 4.79 Å². The van der Waals surface area contributed by atoms with Crippen molar-refractivity contribution in [2.75, 3.05) is 25.1 Å². The number of benzene rings is 2. The van der Waals surface area contributed by atoms with E-state index in [1.165, 1.54) is 21.5 Å². The van der Waals surface area contributed by atoms with Crippen LogP contribution in [0.5, 0.6) is 5.75 Å². The third-order valence-electron chi connectivity index (χ3n) is 5.06. The van der Waals surface area contributed by atoms with Crippen molar-refractivity contribution in [2.24, 2.45) is 0 Å². The highest BCUT2D eigenvalue weighted by atomic mass is 32.1. The van der Waals surface area contributed by atoms with E-state index in [-0.39, 0.29) is 5.56 Å². The summed E-state index contributed by atoms with van der Waals surface area (Å²) in [7, 11) is 1.64. The molecule has 0 spiro atoms. The third-order valence-corrected chi connectivity index (χ3v) is 6.02. The lowest BCUT2D eigenvalue weighted by Crippen LogP contribution is -2.23. The van der Waals surface area contributed by atoms with Crippen molar-refractivity contribution in [2.45, 2.75) is 13.8 Å². The maximum Gasteiger partial charge on any atom is 0.291 e. The van der Waals surface area contributed by atoms with Gasteiger partial charge in [0.2, 0.25) is 4.96 Å². The first kappa shape index (κ1) is 20.8. The lowest BCUT2D eigenvalue weighted by Gasteiger charge is -2.20. The molecule has 2 heterocycles. The molecule has 0 saturated heterocycles. The molecule has 2 aromatic carbocycles. The first-order chi connectivity index (χ1) is 15.1. The number of anilines is 1. The Balaban J connectivity index is 1.57. The second-order valence-electron chi connectivity index (χ2n) is 6.95. The van der Waals surface area contributed by atoms with E-state index in [1.54, 1.807) is 13.2 Å². The van der Waals surface area contributed by atoms with Gasteiger partial charge in [-0.2, -0.15) is 9.50 Å². The highest BCUT2D eigenvalue weighted by Crippen LogP contribution is 2.16. The van der Waals surface area contributed by atoms with Crippen molar-refractivity contribution < 1.29 is 4.74 Å². The molecule has 0 radical (unpaired) electrons. The zero-order valence-electron chi connectivity index (χ0n) is 17.8. The van der Waals surface area contributed by atoms with Crippen molar-refractivity contribution in [1.82, 2.24) is 14.6 Å². The zero-order chi connectivity index (χ0) is 21.8. The predicted octanol–water partition coefficient (Wildman–Crippen LogP) is 3.72. The lowest BCUT2D eigenvalue weighted by atomic mass is 10.2. The molecule has 6 nitrogen and oxygen atoms in total. The fraction of sp³-hybridized carbons (Fsp3) is 0.208. The van der Waals surface area contributed by atoms with Gasteiger partial charge in [-0.1, -0.05) is 41.7 Å². The van der Waals surface area contributed by atoms with Crippen LogP contribution in [0.3, 0.4) is 0 Å². The number of rotatable bonds is 7. The topological polar surface area (TPSA) is 59.7 Å². The first-order valence-corrected chi connectivity index (χ1v) is 11.0. The van der Waals surface area contributed by atoms with E-state index in [0.29, 0.717) is 15.3 Å². The average Bonchev–Trinajstić information content (AvgIpc) is 3.33. The van der Waals surface area contributed by atoms with E-state index in [1.807, 2.05) is 48.6 Å². The molecular formula is C24H24N4O2S. The summed E-state index contributed by atoms with van der Waals surface area (Å²) in [5.74, 6) is 1.31. The van der Waals surface area contributed by atoms with E-state index in [9.17, 15) is 4.79 Å². The van der Waals surface area contributed by atoms with E-state index in [4.69, 9.17) is 4.74 Å². The van der Waals surface area contributed by atoms with Crippen LogP contribution in [0.4, 0.5) is 5.69 Å². The van der Waals surface area contributed by atoms with Crippen LogP contribution >= 0.6 is 11.3 Å². The van der Waals surface area contributed by atoms with Crippen molar-refractivity contribution in [1.29, 1.82) is 0 Å². The maximum atomic E-state index is 12.8. The Morgan fingerprint density at radius 2 is 1.68 bits per heavy atom. The van der Waals surface area contributed by atoms with Crippen molar-refractivity contribution in [3.63, 3.8) is 0 Å². The number of nitrogens with zero attached hydrogens (tertiary/aromatic N) is 4. The molecule has 0 atom stereocenters. The molecule has 0 fully saturated rings. The summed E-state index contributed by atoms with van der Waals surface area (Å²) in [5, 5.41) is 4.35. The fourth-order valence-electron chi connectivity index (χ4n) is 3.33. The monoisotopic (exact) mass is 432 g/mol. The quantitative estimate of drug-likeness (QED) is 0.445. The molecule has 7 heteroatoms. The van der Waals surface area contributed by atoms with Crippen LogP contribution < -0.4 is 19.7 Å². The van der Waals surface area contributed by atoms with Crippen LogP contribution in [0, 0.1) is 0 Å². The van der Waals surface area contributed by atoms with Gasteiger partial charge in [-0.05, 0) is 61.4 Å².